The fourth-order valence-corrected chi connectivity index (χ4v) is 1.32. The molecule has 13 heavy (non-hydrogen) atoms. The SMILES string of the molecule is CCCCC(C)(C)C.CCSCC. The Labute approximate surface area is 89.9 Å². The lowest BCUT2D eigenvalue weighted by molar-refractivity contribution is 0.363. The van der Waals surface area contributed by atoms with Gasteiger partial charge in [0.1, 0.15) is 0 Å². The number of rotatable bonds is 4. The van der Waals surface area contributed by atoms with Crippen LogP contribution in [-0.4, -0.2) is 11.5 Å². The van der Waals surface area contributed by atoms with E-state index in [-0.39, 0.29) is 0 Å². The Morgan fingerprint density at radius 1 is 0.923 bits per heavy atom. The Hall–Kier alpha value is 0.350. The van der Waals surface area contributed by atoms with Gasteiger partial charge >= 0.3 is 0 Å². The Kier molecular flexibility index (Phi) is 12.7. The van der Waals surface area contributed by atoms with E-state index in [9.17, 15) is 0 Å². The van der Waals surface area contributed by atoms with Gasteiger partial charge in [0.15, 0.2) is 0 Å². The van der Waals surface area contributed by atoms with Crippen LogP contribution in [0, 0.1) is 5.41 Å². The molecule has 0 fully saturated rings. The van der Waals surface area contributed by atoms with Crippen LogP contribution in [0.15, 0.2) is 0 Å². The minimum absolute atomic E-state index is 0.552. The van der Waals surface area contributed by atoms with Gasteiger partial charge in [0.25, 0.3) is 0 Å². The maximum atomic E-state index is 2.29. The normalized spacial score (nSPS) is 10.6. The molecule has 0 nitrogen and oxygen atoms in total. The van der Waals surface area contributed by atoms with E-state index in [1.54, 1.807) is 0 Å². The zero-order chi connectivity index (χ0) is 10.7. The molecule has 0 aliphatic rings. The van der Waals surface area contributed by atoms with Gasteiger partial charge in [0.05, 0.1) is 0 Å². The molecule has 1 heteroatoms. The van der Waals surface area contributed by atoms with Gasteiger partial charge in [-0.15, -0.1) is 0 Å². The van der Waals surface area contributed by atoms with E-state index in [1.165, 1.54) is 30.8 Å². The van der Waals surface area contributed by atoms with Crippen LogP contribution in [-0.2, 0) is 0 Å². The topological polar surface area (TPSA) is 0 Å². The van der Waals surface area contributed by atoms with Crippen LogP contribution in [0.3, 0.4) is 0 Å². The molecule has 82 valence electrons. The molecule has 0 aliphatic heterocycles. The Morgan fingerprint density at radius 2 is 1.38 bits per heavy atom. The van der Waals surface area contributed by atoms with Gasteiger partial charge in [0, 0.05) is 0 Å². The summed E-state index contributed by atoms with van der Waals surface area (Å²) in [5.74, 6) is 2.52. The molecule has 0 saturated carbocycles. The maximum absolute atomic E-state index is 2.29. The minimum Gasteiger partial charge on any atom is -0.163 e. The molecule has 0 amide bonds. The van der Waals surface area contributed by atoms with Crippen molar-refractivity contribution in [3.8, 4) is 0 Å². The summed E-state index contributed by atoms with van der Waals surface area (Å²) < 4.78 is 0. The second-order valence-electron chi connectivity index (χ2n) is 4.45. The molecule has 0 aliphatic carbocycles. The maximum Gasteiger partial charge on any atom is -0.00961 e. The lowest BCUT2D eigenvalue weighted by atomic mass is 9.90. The van der Waals surface area contributed by atoms with Crippen LogP contribution < -0.4 is 0 Å². The lowest BCUT2D eigenvalue weighted by Crippen LogP contribution is -2.03. The van der Waals surface area contributed by atoms with E-state index < -0.39 is 0 Å². The monoisotopic (exact) mass is 204 g/mol. The van der Waals surface area contributed by atoms with Crippen molar-refractivity contribution in [2.75, 3.05) is 11.5 Å². The summed E-state index contributed by atoms with van der Waals surface area (Å²) in [4.78, 5) is 0. The van der Waals surface area contributed by atoms with E-state index >= 15 is 0 Å². The summed E-state index contributed by atoms with van der Waals surface area (Å²) in [5.41, 5.74) is 0.552. The van der Waals surface area contributed by atoms with Crippen molar-refractivity contribution in [3.05, 3.63) is 0 Å². The van der Waals surface area contributed by atoms with Crippen LogP contribution >= 0.6 is 11.8 Å². The molecule has 0 saturated heterocycles. The minimum atomic E-state index is 0.552. The van der Waals surface area contributed by atoms with Gasteiger partial charge in [0.2, 0.25) is 0 Å². The second kappa shape index (κ2) is 10.4. The van der Waals surface area contributed by atoms with Crippen LogP contribution in [0.25, 0.3) is 0 Å². The first-order chi connectivity index (χ1) is 5.97. The third-order valence-electron chi connectivity index (χ3n) is 1.69. The Balaban J connectivity index is 0. The predicted octanol–water partition coefficient (Wildman–Crippen LogP) is 4.98. The molecule has 0 rings (SSSR count). The molecule has 0 bridgehead atoms. The molecular weight excluding hydrogens is 176 g/mol. The summed E-state index contributed by atoms with van der Waals surface area (Å²) in [6.45, 7) is 13.5. The van der Waals surface area contributed by atoms with Gasteiger partial charge in [-0.1, -0.05) is 54.4 Å². The zero-order valence-corrected chi connectivity index (χ0v) is 11.3. The molecule has 0 heterocycles. The van der Waals surface area contributed by atoms with Gasteiger partial charge in [-0.05, 0) is 23.3 Å². The molecule has 0 aromatic heterocycles. The highest BCUT2D eigenvalue weighted by molar-refractivity contribution is 7.99. The molecule has 0 radical (unpaired) electrons. The average Bonchev–Trinajstić information content (AvgIpc) is 2.02. The molecule has 0 N–H and O–H groups in total. The summed E-state index contributed by atoms with van der Waals surface area (Å²) >= 11 is 1.96. The van der Waals surface area contributed by atoms with Gasteiger partial charge in [-0.25, -0.2) is 0 Å². The summed E-state index contributed by atoms with van der Waals surface area (Å²) in [6.07, 6.45) is 4.07. The highest BCUT2D eigenvalue weighted by atomic mass is 32.2. The largest absolute Gasteiger partial charge is 0.163 e. The number of thioether (sulfide) groups is 1. The Morgan fingerprint density at radius 3 is 1.46 bits per heavy atom. The molecule has 0 unspecified atom stereocenters. The van der Waals surface area contributed by atoms with Crippen LogP contribution in [0.5, 0.6) is 0 Å². The number of hydrogen-bond donors (Lipinski definition) is 0. The van der Waals surface area contributed by atoms with Crippen molar-refractivity contribution in [3.63, 3.8) is 0 Å². The summed E-state index contributed by atoms with van der Waals surface area (Å²) in [5, 5.41) is 0. The van der Waals surface area contributed by atoms with E-state index in [0.717, 1.165) is 0 Å². The van der Waals surface area contributed by atoms with E-state index in [4.69, 9.17) is 0 Å². The third kappa shape index (κ3) is 24.5. The van der Waals surface area contributed by atoms with Gasteiger partial charge in [-0.3, -0.25) is 0 Å². The molecular formula is C12H28S. The van der Waals surface area contributed by atoms with Crippen LogP contribution in [0.1, 0.15) is 60.8 Å². The van der Waals surface area contributed by atoms with Crippen LogP contribution in [0.2, 0.25) is 0 Å². The summed E-state index contributed by atoms with van der Waals surface area (Å²) in [6, 6.07) is 0. The number of unbranched alkanes of at least 4 members (excludes halogenated alkanes) is 1. The standard InChI is InChI=1S/C8H18.C4H10S/c1-5-6-7-8(2,3)4;1-3-5-4-2/h5-7H2,1-4H3;3-4H2,1-2H3. The van der Waals surface area contributed by atoms with E-state index in [2.05, 4.69) is 41.5 Å². The first kappa shape index (κ1) is 15.8. The fourth-order valence-electron chi connectivity index (χ4n) is 0.911. The molecule has 0 aromatic rings. The molecule has 0 atom stereocenters. The van der Waals surface area contributed by atoms with Crippen molar-refractivity contribution in [1.82, 2.24) is 0 Å². The Bertz CT molecular complexity index is 79.6. The number of hydrogen-bond acceptors (Lipinski definition) is 1. The lowest BCUT2D eigenvalue weighted by Gasteiger charge is -2.16. The zero-order valence-electron chi connectivity index (χ0n) is 10.4. The van der Waals surface area contributed by atoms with Crippen molar-refractivity contribution >= 4 is 11.8 Å². The smallest absolute Gasteiger partial charge is 0.00961 e. The van der Waals surface area contributed by atoms with Gasteiger partial charge < -0.3 is 0 Å². The van der Waals surface area contributed by atoms with Gasteiger partial charge in [-0.2, -0.15) is 11.8 Å². The highest BCUT2D eigenvalue weighted by Crippen LogP contribution is 2.20. The second-order valence-corrected chi connectivity index (χ2v) is 6.01. The highest BCUT2D eigenvalue weighted by Gasteiger charge is 2.07. The van der Waals surface area contributed by atoms with Crippen molar-refractivity contribution in [1.29, 1.82) is 0 Å². The van der Waals surface area contributed by atoms with Crippen molar-refractivity contribution in [2.24, 2.45) is 5.41 Å². The first-order valence-electron chi connectivity index (χ1n) is 5.55. The fraction of sp³-hybridized carbons (Fsp3) is 1.00. The summed E-state index contributed by atoms with van der Waals surface area (Å²) in [7, 11) is 0. The molecule has 0 spiro atoms. The van der Waals surface area contributed by atoms with Crippen LogP contribution in [0.4, 0.5) is 0 Å². The van der Waals surface area contributed by atoms with E-state index in [1.807, 2.05) is 11.8 Å². The first-order valence-corrected chi connectivity index (χ1v) is 6.71. The third-order valence-corrected chi connectivity index (χ3v) is 2.51. The van der Waals surface area contributed by atoms with Crippen molar-refractivity contribution in [2.45, 2.75) is 60.8 Å². The average molecular weight is 204 g/mol. The van der Waals surface area contributed by atoms with E-state index in [0.29, 0.717) is 5.41 Å². The quantitative estimate of drug-likeness (QED) is 0.622. The van der Waals surface area contributed by atoms with Crippen molar-refractivity contribution < 1.29 is 0 Å². The predicted molar refractivity (Wildman–Crippen MR) is 67.7 cm³/mol. The molecule has 0 aromatic carbocycles.